The molecular weight excluding hydrogens is 196 g/mol. The van der Waals surface area contributed by atoms with Crippen molar-refractivity contribution in [2.45, 2.75) is 18.9 Å². The van der Waals surface area contributed by atoms with Crippen LogP contribution in [-0.2, 0) is 11.2 Å². The van der Waals surface area contributed by atoms with E-state index in [2.05, 4.69) is 17.6 Å². The van der Waals surface area contributed by atoms with Gasteiger partial charge in [-0.1, -0.05) is 6.07 Å². The first-order valence-corrected chi connectivity index (χ1v) is 5.60. The first-order chi connectivity index (χ1) is 6.68. The minimum absolute atomic E-state index is 0.0195. The van der Waals surface area contributed by atoms with Crippen molar-refractivity contribution < 1.29 is 4.79 Å². The summed E-state index contributed by atoms with van der Waals surface area (Å²) in [5, 5.41) is 8.19. The Morgan fingerprint density at radius 2 is 2.50 bits per heavy atom. The molecule has 1 fully saturated rings. The van der Waals surface area contributed by atoms with E-state index >= 15 is 0 Å². The molecule has 0 aromatic carbocycles. The van der Waals surface area contributed by atoms with Crippen LogP contribution in [0, 0.1) is 0 Å². The van der Waals surface area contributed by atoms with E-state index in [4.69, 9.17) is 0 Å². The topological polar surface area (TPSA) is 41.1 Å². The number of carbonyl (C=O) groups excluding carboxylic acids is 1. The van der Waals surface area contributed by atoms with Crippen molar-refractivity contribution in [1.29, 1.82) is 0 Å². The van der Waals surface area contributed by atoms with Gasteiger partial charge < -0.3 is 10.6 Å². The lowest BCUT2D eigenvalue weighted by molar-refractivity contribution is -0.122. The summed E-state index contributed by atoms with van der Waals surface area (Å²) in [6, 6.07) is 3.96. The number of rotatable bonds is 3. The maximum atomic E-state index is 11.6. The van der Waals surface area contributed by atoms with E-state index in [0.717, 1.165) is 18.0 Å². The summed E-state index contributed by atoms with van der Waals surface area (Å²) in [7, 11) is 0. The van der Waals surface area contributed by atoms with E-state index in [1.807, 2.05) is 17.5 Å². The fraction of sp³-hybridized carbons (Fsp3) is 0.500. The lowest BCUT2D eigenvalue weighted by atomic mass is 9.95. The number of hydrogen-bond acceptors (Lipinski definition) is 3. The SMILES string of the molecule is CC1(NC(=O)Cc2cccs2)CNC1. The van der Waals surface area contributed by atoms with Gasteiger partial charge in [0.2, 0.25) is 5.91 Å². The zero-order valence-corrected chi connectivity index (χ0v) is 8.99. The van der Waals surface area contributed by atoms with Gasteiger partial charge in [-0.15, -0.1) is 11.3 Å². The number of thiophene rings is 1. The lowest BCUT2D eigenvalue weighted by Crippen LogP contribution is -2.67. The van der Waals surface area contributed by atoms with Crippen molar-refractivity contribution in [2.24, 2.45) is 0 Å². The number of carbonyl (C=O) groups is 1. The number of nitrogens with one attached hydrogen (secondary N) is 2. The second kappa shape index (κ2) is 3.71. The fourth-order valence-corrected chi connectivity index (χ4v) is 2.24. The summed E-state index contributed by atoms with van der Waals surface area (Å²) >= 11 is 1.63. The molecule has 4 heteroatoms. The van der Waals surface area contributed by atoms with Crippen molar-refractivity contribution >= 4 is 17.2 Å². The third-order valence-electron chi connectivity index (χ3n) is 2.39. The molecule has 3 nitrogen and oxygen atoms in total. The van der Waals surface area contributed by atoms with Gasteiger partial charge in [0.25, 0.3) is 0 Å². The molecule has 76 valence electrons. The summed E-state index contributed by atoms with van der Waals surface area (Å²) in [4.78, 5) is 12.7. The quantitative estimate of drug-likeness (QED) is 0.773. The minimum atomic E-state index is -0.0195. The zero-order chi connectivity index (χ0) is 10.0. The van der Waals surface area contributed by atoms with Crippen LogP contribution in [0.5, 0.6) is 0 Å². The van der Waals surface area contributed by atoms with E-state index in [9.17, 15) is 4.79 Å². The van der Waals surface area contributed by atoms with Gasteiger partial charge in [-0.25, -0.2) is 0 Å². The van der Waals surface area contributed by atoms with Gasteiger partial charge in [0.05, 0.1) is 12.0 Å². The Kier molecular flexibility index (Phi) is 2.56. The van der Waals surface area contributed by atoms with Crippen LogP contribution in [0.3, 0.4) is 0 Å². The predicted molar refractivity (Wildman–Crippen MR) is 57.4 cm³/mol. The van der Waals surface area contributed by atoms with Crippen LogP contribution in [0.2, 0.25) is 0 Å². The van der Waals surface area contributed by atoms with Crippen molar-refractivity contribution in [3.05, 3.63) is 22.4 Å². The Morgan fingerprint density at radius 1 is 1.71 bits per heavy atom. The second-order valence-corrected chi connectivity index (χ2v) is 5.00. The molecule has 1 aromatic heterocycles. The molecule has 14 heavy (non-hydrogen) atoms. The van der Waals surface area contributed by atoms with E-state index in [-0.39, 0.29) is 11.4 Å². The molecule has 0 saturated carbocycles. The van der Waals surface area contributed by atoms with Crippen molar-refractivity contribution in [2.75, 3.05) is 13.1 Å². The van der Waals surface area contributed by atoms with Gasteiger partial charge in [0, 0.05) is 18.0 Å². The van der Waals surface area contributed by atoms with Crippen molar-refractivity contribution in [1.82, 2.24) is 10.6 Å². The number of hydrogen-bond donors (Lipinski definition) is 2. The van der Waals surface area contributed by atoms with Gasteiger partial charge in [0.1, 0.15) is 0 Å². The molecule has 0 bridgehead atoms. The maximum Gasteiger partial charge on any atom is 0.225 e. The highest BCUT2D eigenvalue weighted by Crippen LogP contribution is 2.12. The highest BCUT2D eigenvalue weighted by atomic mass is 32.1. The van der Waals surface area contributed by atoms with Crippen molar-refractivity contribution in [3.8, 4) is 0 Å². The lowest BCUT2D eigenvalue weighted by Gasteiger charge is -2.40. The highest BCUT2D eigenvalue weighted by molar-refractivity contribution is 7.10. The van der Waals surface area contributed by atoms with Gasteiger partial charge in [-0.2, -0.15) is 0 Å². The van der Waals surface area contributed by atoms with E-state index in [0.29, 0.717) is 6.42 Å². The van der Waals surface area contributed by atoms with Crippen LogP contribution in [0.4, 0.5) is 0 Å². The summed E-state index contributed by atoms with van der Waals surface area (Å²) in [6.45, 7) is 3.82. The molecule has 0 spiro atoms. The minimum Gasteiger partial charge on any atom is -0.348 e. The van der Waals surface area contributed by atoms with E-state index in [1.165, 1.54) is 0 Å². The van der Waals surface area contributed by atoms with Crippen LogP contribution in [0.15, 0.2) is 17.5 Å². The molecule has 2 N–H and O–H groups in total. The van der Waals surface area contributed by atoms with Gasteiger partial charge in [-0.3, -0.25) is 4.79 Å². The summed E-state index contributed by atoms with van der Waals surface area (Å²) in [6.07, 6.45) is 0.507. The second-order valence-electron chi connectivity index (χ2n) is 3.97. The summed E-state index contributed by atoms with van der Waals surface area (Å²) in [5.41, 5.74) is -0.0195. The molecule has 0 atom stereocenters. The first kappa shape index (κ1) is 9.68. The monoisotopic (exact) mass is 210 g/mol. The molecule has 0 radical (unpaired) electrons. The van der Waals surface area contributed by atoms with E-state index in [1.54, 1.807) is 11.3 Å². The van der Waals surface area contributed by atoms with Crippen LogP contribution >= 0.6 is 11.3 Å². The smallest absolute Gasteiger partial charge is 0.225 e. The standard InChI is InChI=1S/C10H14N2OS/c1-10(6-11-7-10)12-9(13)5-8-3-2-4-14-8/h2-4,11H,5-7H2,1H3,(H,12,13). The summed E-state index contributed by atoms with van der Waals surface area (Å²) in [5.74, 6) is 0.122. The third-order valence-corrected chi connectivity index (χ3v) is 3.26. The van der Waals surface area contributed by atoms with Crippen LogP contribution in [0.25, 0.3) is 0 Å². The van der Waals surface area contributed by atoms with Crippen LogP contribution in [0.1, 0.15) is 11.8 Å². The largest absolute Gasteiger partial charge is 0.348 e. The zero-order valence-electron chi connectivity index (χ0n) is 8.17. The Morgan fingerprint density at radius 3 is 3.00 bits per heavy atom. The highest BCUT2D eigenvalue weighted by Gasteiger charge is 2.32. The normalized spacial score (nSPS) is 18.6. The van der Waals surface area contributed by atoms with Crippen LogP contribution in [-0.4, -0.2) is 24.5 Å². The molecule has 1 aliphatic heterocycles. The molecule has 2 heterocycles. The fourth-order valence-electron chi connectivity index (χ4n) is 1.54. The Balaban J connectivity index is 1.84. The van der Waals surface area contributed by atoms with Gasteiger partial charge in [0.15, 0.2) is 0 Å². The van der Waals surface area contributed by atoms with Crippen molar-refractivity contribution in [3.63, 3.8) is 0 Å². The average Bonchev–Trinajstić information content (AvgIpc) is 2.53. The number of amides is 1. The predicted octanol–water partition coefficient (Wildman–Crippen LogP) is 0.769. The molecule has 1 amide bonds. The third kappa shape index (κ3) is 2.13. The Bertz CT molecular complexity index is 317. The van der Waals surface area contributed by atoms with Gasteiger partial charge >= 0.3 is 0 Å². The summed E-state index contributed by atoms with van der Waals surface area (Å²) < 4.78 is 0. The Hall–Kier alpha value is -0.870. The first-order valence-electron chi connectivity index (χ1n) is 4.72. The Labute approximate surface area is 87.5 Å². The molecule has 1 aromatic rings. The molecular formula is C10H14N2OS. The van der Waals surface area contributed by atoms with Crippen LogP contribution < -0.4 is 10.6 Å². The van der Waals surface area contributed by atoms with Gasteiger partial charge in [-0.05, 0) is 18.4 Å². The maximum absolute atomic E-state index is 11.6. The molecule has 1 aliphatic rings. The molecule has 0 unspecified atom stereocenters. The molecule has 0 aliphatic carbocycles. The molecule has 1 saturated heterocycles. The molecule has 2 rings (SSSR count). The average molecular weight is 210 g/mol. The van der Waals surface area contributed by atoms with E-state index < -0.39 is 0 Å².